The van der Waals surface area contributed by atoms with E-state index in [0.29, 0.717) is 19.6 Å². The van der Waals surface area contributed by atoms with Crippen molar-refractivity contribution >= 4 is 22.8 Å². The first-order valence-electron chi connectivity index (χ1n) is 9.25. The van der Waals surface area contributed by atoms with Crippen molar-refractivity contribution in [2.75, 3.05) is 13.1 Å². The summed E-state index contributed by atoms with van der Waals surface area (Å²) >= 11 is 0. The minimum absolute atomic E-state index is 0.0336. The van der Waals surface area contributed by atoms with Gasteiger partial charge in [0.1, 0.15) is 5.82 Å². The number of hydrogen-bond donors (Lipinski definition) is 1. The smallest absolute Gasteiger partial charge is 0.227 e. The summed E-state index contributed by atoms with van der Waals surface area (Å²) in [6, 6.07) is 7.95. The van der Waals surface area contributed by atoms with E-state index in [1.165, 1.54) is 0 Å². The second kappa shape index (κ2) is 7.09. The van der Waals surface area contributed by atoms with Gasteiger partial charge < -0.3 is 14.8 Å². The Morgan fingerprint density at radius 2 is 1.85 bits per heavy atom. The fraction of sp³-hybridized carbons (Fsp3) is 0.550. The van der Waals surface area contributed by atoms with E-state index in [0.717, 1.165) is 29.7 Å². The molecule has 0 bridgehead atoms. The molecule has 6 nitrogen and oxygen atoms in total. The molecule has 1 aromatic heterocycles. The number of aryl methyl sites for hydroxylation is 1. The number of para-hydroxylation sites is 2. The lowest BCUT2D eigenvalue weighted by atomic mass is 9.90. The van der Waals surface area contributed by atoms with Crippen LogP contribution >= 0.6 is 0 Å². The number of benzene rings is 1. The number of aromatic nitrogens is 2. The second-order valence-electron chi connectivity index (χ2n) is 8.11. The zero-order valence-electron chi connectivity index (χ0n) is 16.1. The van der Waals surface area contributed by atoms with E-state index in [9.17, 15) is 9.59 Å². The minimum Gasteiger partial charge on any atom is -0.349 e. The summed E-state index contributed by atoms with van der Waals surface area (Å²) in [6.45, 7) is 7.53. The topological polar surface area (TPSA) is 67.2 Å². The molecule has 1 N–H and O–H groups in total. The van der Waals surface area contributed by atoms with Crippen LogP contribution in [0, 0.1) is 11.3 Å². The number of nitrogens with one attached hydrogen (secondary N) is 1. The highest BCUT2D eigenvalue weighted by atomic mass is 16.2. The molecule has 1 aliphatic rings. The molecule has 2 heterocycles. The van der Waals surface area contributed by atoms with Gasteiger partial charge in [0.25, 0.3) is 0 Å². The van der Waals surface area contributed by atoms with E-state index in [-0.39, 0.29) is 23.1 Å². The molecule has 140 valence electrons. The van der Waals surface area contributed by atoms with Crippen LogP contribution < -0.4 is 5.32 Å². The number of piperidine rings is 1. The number of likely N-dealkylation sites (tertiary alicyclic amines) is 1. The Bertz CT molecular complexity index is 811. The maximum atomic E-state index is 12.5. The predicted molar refractivity (Wildman–Crippen MR) is 101 cm³/mol. The van der Waals surface area contributed by atoms with Gasteiger partial charge in [-0.05, 0) is 25.0 Å². The Kier molecular flexibility index (Phi) is 5.03. The van der Waals surface area contributed by atoms with Gasteiger partial charge >= 0.3 is 0 Å². The van der Waals surface area contributed by atoms with Crippen LogP contribution in [-0.2, 0) is 23.2 Å². The molecule has 1 fully saturated rings. The van der Waals surface area contributed by atoms with Crippen molar-refractivity contribution < 1.29 is 9.59 Å². The highest BCUT2D eigenvalue weighted by molar-refractivity contribution is 5.83. The highest BCUT2D eigenvalue weighted by Crippen LogP contribution is 2.23. The lowest BCUT2D eigenvalue weighted by Crippen LogP contribution is -2.46. The van der Waals surface area contributed by atoms with Gasteiger partial charge in [0.15, 0.2) is 0 Å². The summed E-state index contributed by atoms with van der Waals surface area (Å²) in [6.07, 6.45) is 1.44. The molecule has 1 aromatic carbocycles. The summed E-state index contributed by atoms with van der Waals surface area (Å²) in [5.74, 6) is 1.03. The maximum Gasteiger partial charge on any atom is 0.227 e. The van der Waals surface area contributed by atoms with Gasteiger partial charge in [-0.1, -0.05) is 32.9 Å². The van der Waals surface area contributed by atoms with Gasteiger partial charge in [0, 0.05) is 31.5 Å². The quantitative estimate of drug-likeness (QED) is 0.919. The van der Waals surface area contributed by atoms with Crippen molar-refractivity contribution in [3.8, 4) is 0 Å². The summed E-state index contributed by atoms with van der Waals surface area (Å²) in [5, 5.41) is 3.02. The van der Waals surface area contributed by atoms with Crippen LogP contribution in [0.25, 0.3) is 11.0 Å². The molecule has 1 aliphatic heterocycles. The lowest BCUT2D eigenvalue weighted by Gasteiger charge is -2.35. The zero-order valence-corrected chi connectivity index (χ0v) is 16.1. The number of nitrogens with zero attached hydrogens (tertiary/aromatic N) is 3. The monoisotopic (exact) mass is 356 g/mol. The van der Waals surface area contributed by atoms with Crippen LogP contribution in [0.3, 0.4) is 0 Å². The molecule has 0 spiro atoms. The molecule has 0 radical (unpaired) electrons. The first-order chi connectivity index (χ1) is 12.3. The number of hydrogen-bond acceptors (Lipinski definition) is 3. The van der Waals surface area contributed by atoms with Crippen LogP contribution in [0.5, 0.6) is 0 Å². The zero-order chi connectivity index (χ0) is 18.9. The van der Waals surface area contributed by atoms with E-state index in [4.69, 9.17) is 0 Å². The molecule has 26 heavy (non-hydrogen) atoms. The molecule has 0 aliphatic carbocycles. The Balaban J connectivity index is 1.55. The molecule has 3 rings (SSSR count). The van der Waals surface area contributed by atoms with Gasteiger partial charge in [0.2, 0.25) is 11.8 Å². The van der Waals surface area contributed by atoms with Crippen LogP contribution in [0.15, 0.2) is 24.3 Å². The van der Waals surface area contributed by atoms with Crippen molar-refractivity contribution in [2.45, 2.75) is 40.2 Å². The third kappa shape index (κ3) is 3.74. The molecule has 0 saturated carbocycles. The Morgan fingerprint density at radius 1 is 1.19 bits per heavy atom. The molecular formula is C20H28N4O2. The molecule has 2 amide bonds. The third-order valence-corrected chi connectivity index (χ3v) is 5.10. The van der Waals surface area contributed by atoms with Gasteiger partial charge in [-0.25, -0.2) is 4.98 Å². The van der Waals surface area contributed by atoms with E-state index in [1.54, 1.807) is 0 Å². The average Bonchev–Trinajstić information content (AvgIpc) is 2.95. The van der Waals surface area contributed by atoms with E-state index < -0.39 is 0 Å². The Labute approximate surface area is 154 Å². The Morgan fingerprint density at radius 3 is 2.46 bits per heavy atom. The maximum absolute atomic E-state index is 12.5. The van der Waals surface area contributed by atoms with E-state index in [2.05, 4.69) is 10.3 Å². The van der Waals surface area contributed by atoms with E-state index >= 15 is 0 Å². The number of carbonyl (C=O) groups excluding carboxylic acids is 2. The minimum atomic E-state index is -0.366. The molecule has 2 aromatic rings. The van der Waals surface area contributed by atoms with Gasteiger partial charge in [-0.15, -0.1) is 0 Å². The van der Waals surface area contributed by atoms with Crippen molar-refractivity contribution in [3.05, 3.63) is 30.1 Å². The largest absolute Gasteiger partial charge is 0.349 e. The first-order valence-corrected chi connectivity index (χ1v) is 9.25. The number of rotatable bonds is 3. The fourth-order valence-electron chi connectivity index (χ4n) is 3.48. The number of carbonyl (C=O) groups is 2. The number of amides is 2. The molecule has 0 atom stereocenters. The van der Waals surface area contributed by atoms with Gasteiger partial charge in [0.05, 0.1) is 17.6 Å². The van der Waals surface area contributed by atoms with Crippen LogP contribution in [0.1, 0.15) is 39.4 Å². The SMILES string of the molecule is Cn1c(CNC(=O)C2CCN(C(=O)C(C)(C)C)CC2)nc2ccccc21. The highest BCUT2D eigenvalue weighted by Gasteiger charge is 2.32. The van der Waals surface area contributed by atoms with E-state index in [1.807, 2.05) is 61.6 Å². The van der Waals surface area contributed by atoms with Crippen LogP contribution in [0.2, 0.25) is 0 Å². The molecule has 0 unspecified atom stereocenters. The summed E-state index contributed by atoms with van der Waals surface area (Å²) in [4.78, 5) is 31.3. The number of imidazole rings is 1. The van der Waals surface area contributed by atoms with Crippen molar-refractivity contribution in [1.82, 2.24) is 19.8 Å². The van der Waals surface area contributed by atoms with Crippen LogP contribution in [-0.4, -0.2) is 39.4 Å². The van der Waals surface area contributed by atoms with Crippen molar-refractivity contribution in [1.29, 1.82) is 0 Å². The fourth-order valence-corrected chi connectivity index (χ4v) is 3.48. The molecule has 6 heteroatoms. The summed E-state index contributed by atoms with van der Waals surface area (Å²) in [5.41, 5.74) is 1.63. The standard InChI is InChI=1S/C20H28N4O2/c1-20(2,3)19(26)24-11-9-14(10-12-24)18(25)21-13-17-22-15-7-5-6-8-16(15)23(17)4/h5-8,14H,9-13H2,1-4H3,(H,21,25). The average molecular weight is 356 g/mol. The third-order valence-electron chi connectivity index (χ3n) is 5.10. The predicted octanol–water partition coefficient (Wildman–Crippen LogP) is 2.47. The summed E-state index contributed by atoms with van der Waals surface area (Å²) in [7, 11) is 1.97. The van der Waals surface area contributed by atoms with Gasteiger partial charge in [-0.2, -0.15) is 0 Å². The molecular weight excluding hydrogens is 328 g/mol. The summed E-state index contributed by atoms with van der Waals surface area (Å²) < 4.78 is 2.01. The Hall–Kier alpha value is -2.37. The van der Waals surface area contributed by atoms with Gasteiger partial charge in [-0.3, -0.25) is 9.59 Å². The van der Waals surface area contributed by atoms with Crippen LogP contribution in [0.4, 0.5) is 0 Å². The number of fused-ring (bicyclic) bond motifs is 1. The first kappa shape index (κ1) is 18.4. The molecule has 1 saturated heterocycles. The normalized spacial score (nSPS) is 16.1. The lowest BCUT2D eigenvalue weighted by molar-refractivity contribution is -0.142. The van der Waals surface area contributed by atoms with Crippen molar-refractivity contribution in [3.63, 3.8) is 0 Å². The van der Waals surface area contributed by atoms with Crippen molar-refractivity contribution in [2.24, 2.45) is 18.4 Å². The second-order valence-corrected chi connectivity index (χ2v) is 8.11.